The summed E-state index contributed by atoms with van der Waals surface area (Å²) in [5.41, 5.74) is 6.34. The number of benzene rings is 2. The van der Waals surface area contributed by atoms with E-state index in [1.165, 1.54) is 0 Å². The molecule has 0 bridgehead atoms. The predicted molar refractivity (Wildman–Crippen MR) is 123 cm³/mol. The Bertz CT molecular complexity index is 1220. The highest BCUT2D eigenvalue weighted by atomic mass is 15.1. The monoisotopic (exact) mass is 412 g/mol. The molecular weight excluding hydrogens is 388 g/mol. The number of hydrogen-bond donors (Lipinski definition) is 4. The molecule has 2 aliphatic rings. The van der Waals surface area contributed by atoms with Crippen LogP contribution in [0.15, 0.2) is 46.4 Å². The Labute approximate surface area is 179 Å². The Balaban J connectivity index is 1.13. The van der Waals surface area contributed by atoms with Crippen LogP contribution in [0.1, 0.15) is 29.2 Å². The topological polar surface area (TPSA) is 106 Å². The van der Waals surface area contributed by atoms with Crippen LogP contribution in [0.5, 0.6) is 0 Å². The molecule has 4 aromatic rings. The van der Waals surface area contributed by atoms with E-state index in [1.54, 1.807) is 0 Å². The van der Waals surface area contributed by atoms with E-state index >= 15 is 0 Å². The number of nitrogens with zero attached hydrogens (tertiary/aromatic N) is 4. The first-order valence-corrected chi connectivity index (χ1v) is 10.9. The fourth-order valence-corrected chi connectivity index (χ4v) is 4.26. The Morgan fingerprint density at radius 1 is 0.677 bits per heavy atom. The van der Waals surface area contributed by atoms with Crippen LogP contribution in [0.2, 0.25) is 0 Å². The van der Waals surface area contributed by atoms with Crippen LogP contribution >= 0.6 is 0 Å². The number of aromatic nitrogens is 4. The van der Waals surface area contributed by atoms with Crippen LogP contribution in [0.25, 0.3) is 22.1 Å². The number of aromatic amines is 2. The fraction of sp³-hybridized carbons (Fsp3) is 0.304. The lowest BCUT2D eigenvalue weighted by molar-refractivity contribution is 0.759. The molecule has 2 aromatic carbocycles. The molecule has 156 valence electrons. The van der Waals surface area contributed by atoms with Crippen molar-refractivity contribution in [1.29, 1.82) is 0 Å². The molecule has 2 aromatic heterocycles. The van der Waals surface area contributed by atoms with Crippen molar-refractivity contribution in [2.45, 2.75) is 19.3 Å². The highest BCUT2D eigenvalue weighted by molar-refractivity contribution is 6.02. The second kappa shape index (κ2) is 7.54. The summed E-state index contributed by atoms with van der Waals surface area (Å²) < 4.78 is 0. The first kappa shape index (κ1) is 18.1. The quantitative estimate of drug-likeness (QED) is 0.390. The fourth-order valence-electron chi connectivity index (χ4n) is 4.26. The van der Waals surface area contributed by atoms with Crippen molar-refractivity contribution in [2.75, 3.05) is 26.2 Å². The molecular formula is C23H24N8. The molecule has 2 aliphatic heterocycles. The zero-order valence-electron chi connectivity index (χ0n) is 17.2. The van der Waals surface area contributed by atoms with Crippen molar-refractivity contribution < 1.29 is 0 Å². The van der Waals surface area contributed by atoms with E-state index in [-0.39, 0.29) is 0 Å². The zero-order chi connectivity index (χ0) is 20.6. The van der Waals surface area contributed by atoms with Crippen LogP contribution in [0.4, 0.5) is 0 Å². The van der Waals surface area contributed by atoms with Gasteiger partial charge in [0.2, 0.25) is 0 Å². The van der Waals surface area contributed by atoms with Crippen molar-refractivity contribution in [3.63, 3.8) is 0 Å². The minimum absolute atomic E-state index is 0.844. The number of hydrogen-bond acceptors (Lipinski definition) is 6. The van der Waals surface area contributed by atoms with Crippen LogP contribution < -0.4 is 10.6 Å². The molecule has 0 atom stereocenters. The third-order valence-electron chi connectivity index (χ3n) is 5.78. The molecule has 31 heavy (non-hydrogen) atoms. The van der Waals surface area contributed by atoms with Gasteiger partial charge in [0, 0.05) is 37.1 Å². The predicted octanol–water partition coefficient (Wildman–Crippen LogP) is 2.31. The van der Waals surface area contributed by atoms with Gasteiger partial charge in [-0.1, -0.05) is 0 Å². The maximum absolute atomic E-state index is 4.74. The smallest absolute Gasteiger partial charge is 0.128 e. The van der Waals surface area contributed by atoms with Gasteiger partial charge >= 0.3 is 0 Å². The van der Waals surface area contributed by atoms with E-state index in [1.807, 2.05) is 0 Å². The van der Waals surface area contributed by atoms with Crippen LogP contribution in [-0.2, 0) is 12.8 Å². The summed E-state index contributed by atoms with van der Waals surface area (Å²) in [6.07, 6.45) is 2.74. The van der Waals surface area contributed by atoms with E-state index in [2.05, 4.69) is 67.0 Å². The van der Waals surface area contributed by atoms with Crippen molar-refractivity contribution in [3.8, 4) is 0 Å². The minimum Gasteiger partial charge on any atom is -0.368 e. The first-order valence-electron chi connectivity index (χ1n) is 10.9. The largest absolute Gasteiger partial charge is 0.368 e. The Kier molecular flexibility index (Phi) is 4.40. The molecule has 0 spiro atoms. The SMILES string of the molecule is c1cc2nc(CCCc3nc4ccc(C5=NCCN5)cc4[nH]3)[nH]c2cc1C1=NCCN1. The van der Waals surface area contributed by atoms with Gasteiger partial charge in [0.05, 0.1) is 35.2 Å². The maximum Gasteiger partial charge on any atom is 0.128 e. The number of nitrogens with one attached hydrogen (secondary N) is 4. The number of aryl methyl sites for hydroxylation is 2. The molecule has 0 unspecified atom stereocenters. The van der Waals surface area contributed by atoms with Gasteiger partial charge in [-0.05, 0) is 42.8 Å². The maximum atomic E-state index is 4.74. The molecule has 0 saturated carbocycles. The average Bonchev–Trinajstić information content (AvgIpc) is 3.59. The van der Waals surface area contributed by atoms with Crippen LogP contribution in [0, 0.1) is 0 Å². The van der Waals surface area contributed by atoms with Gasteiger partial charge < -0.3 is 20.6 Å². The minimum atomic E-state index is 0.844. The molecule has 8 nitrogen and oxygen atoms in total. The van der Waals surface area contributed by atoms with E-state index in [4.69, 9.17) is 9.97 Å². The molecule has 0 radical (unpaired) electrons. The highest BCUT2D eigenvalue weighted by Crippen LogP contribution is 2.18. The van der Waals surface area contributed by atoms with Gasteiger partial charge in [-0.2, -0.15) is 0 Å². The Morgan fingerprint density at radius 3 is 1.65 bits per heavy atom. The normalized spacial score (nSPS) is 15.9. The zero-order valence-corrected chi connectivity index (χ0v) is 17.2. The molecule has 0 saturated heterocycles. The lowest BCUT2D eigenvalue weighted by Crippen LogP contribution is -2.19. The lowest BCUT2D eigenvalue weighted by Gasteiger charge is -2.01. The summed E-state index contributed by atoms with van der Waals surface area (Å²) in [6, 6.07) is 12.5. The van der Waals surface area contributed by atoms with E-state index in [9.17, 15) is 0 Å². The molecule has 4 N–H and O–H groups in total. The van der Waals surface area contributed by atoms with Gasteiger partial charge in [-0.15, -0.1) is 0 Å². The second-order valence-electron chi connectivity index (χ2n) is 8.00. The summed E-state index contributed by atoms with van der Waals surface area (Å²) in [6.45, 7) is 3.51. The van der Waals surface area contributed by atoms with Crippen molar-refractivity contribution in [1.82, 2.24) is 30.6 Å². The standard InChI is InChI=1S/C23H24N8/c1(2-20-28-16-6-4-14(12-18(16)30-20)22-24-8-9-25-22)3-21-29-17-7-5-15(13-19(17)31-21)23-26-10-11-27-23/h4-7,12-13H,1-3,8-11H2,(H,24,25)(H,26,27)(H,28,30)(H,29,31). The highest BCUT2D eigenvalue weighted by Gasteiger charge is 2.12. The average molecular weight is 413 g/mol. The van der Waals surface area contributed by atoms with Crippen LogP contribution in [0.3, 0.4) is 0 Å². The first-order chi connectivity index (χ1) is 15.3. The number of rotatable bonds is 6. The number of H-pyrrole nitrogens is 2. The summed E-state index contributed by atoms with van der Waals surface area (Å²) in [5, 5.41) is 6.64. The number of imidazole rings is 2. The lowest BCUT2D eigenvalue weighted by atomic mass is 10.2. The number of aliphatic imine (C=N–C) groups is 2. The van der Waals surface area contributed by atoms with E-state index in [0.29, 0.717) is 0 Å². The van der Waals surface area contributed by atoms with Gasteiger partial charge in [0.1, 0.15) is 23.3 Å². The van der Waals surface area contributed by atoms with Gasteiger partial charge in [-0.3, -0.25) is 9.98 Å². The molecule has 0 amide bonds. The van der Waals surface area contributed by atoms with Crippen LogP contribution in [-0.4, -0.2) is 57.8 Å². The van der Waals surface area contributed by atoms with Gasteiger partial charge in [0.15, 0.2) is 0 Å². The molecule has 6 rings (SSSR count). The third kappa shape index (κ3) is 3.54. The Morgan fingerprint density at radius 2 is 1.19 bits per heavy atom. The summed E-state index contributed by atoms with van der Waals surface area (Å²) in [4.78, 5) is 25.4. The molecule has 8 heteroatoms. The molecule has 4 heterocycles. The third-order valence-corrected chi connectivity index (χ3v) is 5.78. The Hall–Kier alpha value is -3.68. The number of amidine groups is 2. The van der Waals surface area contributed by atoms with E-state index < -0.39 is 0 Å². The number of fused-ring (bicyclic) bond motifs is 2. The van der Waals surface area contributed by atoms with Crippen molar-refractivity contribution in [3.05, 3.63) is 59.2 Å². The molecule has 0 fully saturated rings. The van der Waals surface area contributed by atoms with Crippen molar-refractivity contribution >= 4 is 33.7 Å². The second-order valence-corrected chi connectivity index (χ2v) is 8.00. The van der Waals surface area contributed by atoms with E-state index in [0.717, 1.165) is 102 Å². The summed E-state index contributed by atoms with van der Waals surface area (Å²) in [7, 11) is 0. The van der Waals surface area contributed by atoms with Crippen molar-refractivity contribution in [2.24, 2.45) is 9.98 Å². The molecule has 0 aliphatic carbocycles. The summed E-state index contributed by atoms with van der Waals surface area (Å²) >= 11 is 0. The van der Waals surface area contributed by atoms with Gasteiger partial charge in [0.25, 0.3) is 0 Å². The van der Waals surface area contributed by atoms with Gasteiger partial charge in [-0.25, -0.2) is 9.97 Å². The summed E-state index contributed by atoms with van der Waals surface area (Å²) in [5.74, 6) is 3.97.